The quantitative estimate of drug-likeness (QED) is 0.739. The van der Waals surface area contributed by atoms with E-state index in [0.717, 1.165) is 12.1 Å². The molecule has 0 aliphatic rings. The molecule has 0 bridgehead atoms. The molecule has 0 unspecified atom stereocenters. The van der Waals surface area contributed by atoms with Crippen molar-refractivity contribution in [1.82, 2.24) is 14.5 Å². The molecule has 0 spiro atoms. The van der Waals surface area contributed by atoms with E-state index in [2.05, 4.69) is 14.7 Å². The molecule has 0 saturated heterocycles. The minimum Gasteiger partial charge on any atom is -0.406 e. The van der Waals surface area contributed by atoms with Crippen LogP contribution in [0.25, 0.3) is 16.8 Å². The molecule has 0 amide bonds. The molecule has 3 rings (SSSR count). The lowest BCUT2D eigenvalue weighted by Gasteiger charge is -2.11. The largest absolute Gasteiger partial charge is 0.573 e. The molecule has 8 heteroatoms. The third-order valence-corrected chi connectivity index (χ3v) is 3.15. The molecule has 0 atom stereocenters. The Morgan fingerprint density at radius 3 is 2.21 bits per heavy atom. The van der Waals surface area contributed by atoms with Gasteiger partial charge < -0.3 is 4.74 Å². The first-order valence-electron chi connectivity index (χ1n) is 6.77. The van der Waals surface area contributed by atoms with Gasteiger partial charge in [-0.15, -0.1) is 13.2 Å². The number of nitrogens with zero attached hydrogens (tertiary/aromatic N) is 3. The third-order valence-electron chi connectivity index (χ3n) is 3.15. The van der Waals surface area contributed by atoms with Crippen LogP contribution in [0.15, 0.2) is 66.1 Å². The highest BCUT2D eigenvalue weighted by molar-refractivity contribution is 5.60. The third kappa shape index (κ3) is 3.60. The first kappa shape index (κ1) is 15.7. The van der Waals surface area contributed by atoms with Crippen molar-refractivity contribution >= 4 is 0 Å². The second-order valence-corrected chi connectivity index (χ2v) is 4.79. The van der Waals surface area contributed by atoms with E-state index in [1.54, 1.807) is 24.7 Å². The molecular formula is C16H10F3N3O2. The molecule has 0 N–H and O–H groups in total. The average molecular weight is 333 g/mol. The average Bonchev–Trinajstić information content (AvgIpc) is 2.56. The summed E-state index contributed by atoms with van der Waals surface area (Å²) in [5, 5.41) is 0. The molecular weight excluding hydrogens is 323 g/mol. The van der Waals surface area contributed by atoms with Gasteiger partial charge >= 0.3 is 6.36 Å². The normalized spacial score (nSPS) is 11.3. The van der Waals surface area contributed by atoms with Crippen LogP contribution in [0, 0.1) is 0 Å². The molecule has 122 valence electrons. The zero-order valence-corrected chi connectivity index (χ0v) is 12.1. The number of pyridine rings is 1. The van der Waals surface area contributed by atoms with Crippen LogP contribution in [0.3, 0.4) is 0 Å². The lowest BCUT2D eigenvalue weighted by Crippen LogP contribution is -2.18. The van der Waals surface area contributed by atoms with E-state index in [-0.39, 0.29) is 11.3 Å². The number of alkyl halides is 3. The predicted octanol–water partition coefficient (Wildman–Crippen LogP) is 3.19. The van der Waals surface area contributed by atoms with Gasteiger partial charge in [0.05, 0.1) is 0 Å². The van der Waals surface area contributed by atoms with Crippen LogP contribution in [-0.2, 0) is 0 Å². The molecule has 24 heavy (non-hydrogen) atoms. The second kappa shape index (κ2) is 6.15. The summed E-state index contributed by atoms with van der Waals surface area (Å²) >= 11 is 0. The second-order valence-electron chi connectivity index (χ2n) is 4.79. The van der Waals surface area contributed by atoms with Crippen molar-refractivity contribution < 1.29 is 17.9 Å². The Bertz CT molecular complexity index is 891. The van der Waals surface area contributed by atoms with Crippen molar-refractivity contribution in [2.45, 2.75) is 6.36 Å². The van der Waals surface area contributed by atoms with Crippen molar-refractivity contribution in [3.63, 3.8) is 0 Å². The summed E-state index contributed by atoms with van der Waals surface area (Å²) in [6.45, 7) is 0. The van der Waals surface area contributed by atoms with Crippen molar-refractivity contribution in [2.24, 2.45) is 0 Å². The van der Waals surface area contributed by atoms with Crippen LogP contribution in [-0.4, -0.2) is 20.9 Å². The Morgan fingerprint density at radius 1 is 0.917 bits per heavy atom. The van der Waals surface area contributed by atoms with E-state index in [4.69, 9.17) is 0 Å². The van der Waals surface area contributed by atoms with Gasteiger partial charge in [-0.2, -0.15) is 0 Å². The SMILES string of the molecule is O=c1ccc(-c2cncnc2)cn1-c1ccc(OC(F)(F)F)cc1. The number of rotatable bonds is 3. The van der Waals surface area contributed by atoms with Crippen LogP contribution >= 0.6 is 0 Å². The summed E-state index contributed by atoms with van der Waals surface area (Å²) in [4.78, 5) is 19.9. The Balaban J connectivity index is 1.96. The van der Waals surface area contributed by atoms with Gasteiger partial charge in [-0.25, -0.2) is 9.97 Å². The van der Waals surface area contributed by atoms with Crippen molar-refractivity contribution in [1.29, 1.82) is 0 Å². The fraction of sp³-hybridized carbons (Fsp3) is 0.0625. The molecule has 2 aromatic heterocycles. The summed E-state index contributed by atoms with van der Waals surface area (Å²) in [6.07, 6.45) is 1.39. The minimum atomic E-state index is -4.76. The van der Waals surface area contributed by atoms with Gasteiger partial charge in [-0.1, -0.05) is 0 Å². The van der Waals surface area contributed by atoms with Crippen LogP contribution in [0.4, 0.5) is 13.2 Å². The predicted molar refractivity (Wildman–Crippen MR) is 79.7 cm³/mol. The summed E-state index contributed by atoms with van der Waals surface area (Å²) in [5.74, 6) is -0.355. The molecule has 0 saturated carbocycles. The first-order valence-corrected chi connectivity index (χ1v) is 6.77. The van der Waals surface area contributed by atoms with Gasteiger partial charge in [-0.05, 0) is 30.3 Å². The molecule has 0 aliphatic carbocycles. The topological polar surface area (TPSA) is 57.0 Å². The molecule has 5 nitrogen and oxygen atoms in total. The summed E-state index contributed by atoms with van der Waals surface area (Å²) in [6, 6.07) is 8.02. The van der Waals surface area contributed by atoms with Crippen molar-refractivity contribution in [3.8, 4) is 22.6 Å². The summed E-state index contributed by atoms with van der Waals surface area (Å²) < 4.78 is 41.7. The van der Waals surface area contributed by atoms with Crippen LogP contribution in [0.2, 0.25) is 0 Å². The van der Waals surface area contributed by atoms with Gasteiger partial charge in [-0.3, -0.25) is 9.36 Å². The first-order chi connectivity index (χ1) is 11.4. The number of hydrogen-bond acceptors (Lipinski definition) is 4. The standard InChI is InChI=1S/C16H10F3N3O2/c17-16(18,19)24-14-4-2-13(3-5-14)22-9-11(1-6-15(22)23)12-7-20-10-21-8-12/h1-10H. The highest BCUT2D eigenvalue weighted by Crippen LogP contribution is 2.24. The maximum Gasteiger partial charge on any atom is 0.573 e. The lowest BCUT2D eigenvalue weighted by molar-refractivity contribution is -0.274. The number of aromatic nitrogens is 3. The highest BCUT2D eigenvalue weighted by atomic mass is 19.4. The number of benzene rings is 1. The van der Waals surface area contributed by atoms with E-state index >= 15 is 0 Å². The van der Waals surface area contributed by atoms with Crippen LogP contribution in [0.5, 0.6) is 5.75 Å². The maximum atomic E-state index is 12.2. The van der Waals surface area contributed by atoms with Gasteiger partial charge in [0, 0.05) is 41.5 Å². The van der Waals surface area contributed by atoms with Crippen LogP contribution < -0.4 is 10.3 Å². The lowest BCUT2D eigenvalue weighted by atomic mass is 10.1. The Morgan fingerprint density at radius 2 is 1.58 bits per heavy atom. The molecule has 3 aromatic rings. The van der Waals surface area contributed by atoms with E-state index in [0.29, 0.717) is 16.8 Å². The number of ether oxygens (including phenoxy) is 1. The minimum absolute atomic E-state index is 0.319. The zero-order chi connectivity index (χ0) is 17.2. The Kier molecular flexibility index (Phi) is 4.03. The van der Waals surface area contributed by atoms with Gasteiger partial charge in [0.1, 0.15) is 12.1 Å². The zero-order valence-electron chi connectivity index (χ0n) is 12.1. The summed E-state index contributed by atoms with van der Waals surface area (Å²) in [7, 11) is 0. The van der Waals surface area contributed by atoms with E-state index < -0.39 is 6.36 Å². The van der Waals surface area contributed by atoms with Crippen molar-refractivity contribution in [2.75, 3.05) is 0 Å². The highest BCUT2D eigenvalue weighted by Gasteiger charge is 2.30. The van der Waals surface area contributed by atoms with E-state index in [1.807, 2.05) is 0 Å². The number of halogens is 3. The summed E-state index contributed by atoms with van der Waals surface area (Å²) in [5.41, 5.74) is 1.50. The van der Waals surface area contributed by atoms with Gasteiger partial charge in [0.15, 0.2) is 0 Å². The number of hydrogen-bond donors (Lipinski definition) is 0. The fourth-order valence-corrected chi connectivity index (χ4v) is 2.12. The maximum absolute atomic E-state index is 12.2. The molecule has 0 fully saturated rings. The smallest absolute Gasteiger partial charge is 0.406 e. The van der Waals surface area contributed by atoms with E-state index in [1.165, 1.54) is 29.1 Å². The van der Waals surface area contributed by atoms with E-state index in [9.17, 15) is 18.0 Å². The van der Waals surface area contributed by atoms with Crippen molar-refractivity contribution in [3.05, 3.63) is 71.7 Å². The Labute approximate surface area is 134 Å². The molecule has 2 heterocycles. The molecule has 0 radical (unpaired) electrons. The Hall–Kier alpha value is -3.16. The molecule has 0 aliphatic heterocycles. The van der Waals surface area contributed by atoms with Crippen LogP contribution in [0.1, 0.15) is 0 Å². The fourth-order valence-electron chi connectivity index (χ4n) is 2.12. The molecule has 1 aromatic carbocycles. The monoisotopic (exact) mass is 333 g/mol. The van der Waals surface area contributed by atoms with Gasteiger partial charge in [0.2, 0.25) is 0 Å². The van der Waals surface area contributed by atoms with Gasteiger partial charge in [0.25, 0.3) is 5.56 Å².